The van der Waals surface area contributed by atoms with E-state index in [2.05, 4.69) is 23.4 Å². The number of aliphatic hydroxyl groups is 1. The highest BCUT2D eigenvalue weighted by Gasteiger charge is 2.14. The van der Waals surface area contributed by atoms with Gasteiger partial charge in [0.2, 0.25) is 0 Å². The summed E-state index contributed by atoms with van der Waals surface area (Å²) in [5.74, 6) is 0. The molecule has 2 aromatic rings. The highest BCUT2D eigenvalue weighted by atomic mass is 32.1. The van der Waals surface area contributed by atoms with Crippen LogP contribution in [0.1, 0.15) is 34.6 Å². The van der Waals surface area contributed by atoms with Gasteiger partial charge in [-0.3, -0.25) is 0 Å². The van der Waals surface area contributed by atoms with E-state index in [-0.39, 0.29) is 0 Å². The Hall–Kier alpha value is -1.19. The minimum absolute atomic E-state index is 0.543. The van der Waals surface area contributed by atoms with Crippen LogP contribution in [0, 0.1) is 6.92 Å². The summed E-state index contributed by atoms with van der Waals surface area (Å²) >= 11 is 1.36. The fourth-order valence-corrected chi connectivity index (χ4v) is 2.41. The van der Waals surface area contributed by atoms with Crippen molar-refractivity contribution >= 4 is 11.5 Å². The van der Waals surface area contributed by atoms with E-state index in [1.54, 1.807) is 6.20 Å². The second-order valence-corrected chi connectivity index (χ2v) is 4.70. The lowest BCUT2D eigenvalue weighted by atomic mass is 10.0. The van der Waals surface area contributed by atoms with Crippen LogP contribution in [0.15, 0.2) is 30.5 Å². The summed E-state index contributed by atoms with van der Waals surface area (Å²) in [5.41, 5.74) is 3.28. The fraction of sp³-hybridized carbons (Fsp3) is 0.308. The van der Waals surface area contributed by atoms with Gasteiger partial charge in [-0.25, -0.2) is 4.37 Å². The lowest BCUT2D eigenvalue weighted by Crippen LogP contribution is -1.98. The molecule has 1 aromatic heterocycles. The van der Waals surface area contributed by atoms with Crippen molar-refractivity contribution in [3.8, 4) is 0 Å². The zero-order valence-corrected chi connectivity index (χ0v) is 10.3. The van der Waals surface area contributed by atoms with Crippen molar-refractivity contribution in [2.24, 2.45) is 0 Å². The number of hydrogen-bond acceptors (Lipinski definition) is 3. The molecule has 84 valence electrons. The third kappa shape index (κ3) is 2.15. The highest BCUT2D eigenvalue weighted by molar-refractivity contribution is 7.06. The number of nitrogens with zero attached hydrogens (tertiary/aromatic N) is 1. The van der Waals surface area contributed by atoms with Crippen molar-refractivity contribution in [2.75, 3.05) is 0 Å². The zero-order chi connectivity index (χ0) is 11.5. The fourth-order valence-electron chi connectivity index (χ4n) is 1.65. The molecule has 1 N–H and O–H groups in total. The summed E-state index contributed by atoms with van der Waals surface area (Å²) < 4.78 is 4.08. The van der Waals surface area contributed by atoms with E-state index in [9.17, 15) is 5.11 Å². The zero-order valence-electron chi connectivity index (χ0n) is 9.47. The molecule has 0 saturated heterocycles. The van der Waals surface area contributed by atoms with Crippen molar-refractivity contribution in [2.45, 2.75) is 26.4 Å². The predicted octanol–water partition coefficient (Wildman–Crippen LogP) is 3.10. The van der Waals surface area contributed by atoms with E-state index in [0.717, 1.165) is 22.4 Å². The Labute approximate surface area is 99.7 Å². The molecule has 0 saturated carbocycles. The van der Waals surface area contributed by atoms with Crippen LogP contribution in [0.5, 0.6) is 0 Å². The molecule has 1 heterocycles. The second kappa shape index (κ2) is 4.76. The minimum atomic E-state index is -0.543. The Morgan fingerprint density at radius 3 is 2.50 bits per heavy atom. The van der Waals surface area contributed by atoms with Crippen LogP contribution in [-0.2, 0) is 6.42 Å². The molecule has 0 spiro atoms. The maximum atomic E-state index is 10.2. The predicted molar refractivity (Wildman–Crippen MR) is 66.7 cm³/mol. The first kappa shape index (κ1) is 11.3. The third-order valence-corrected chi connectivity index (χ3v) is 3.69. The number of aliphatic hydroxyl groups excluding tert-OH is 1. The summed E-state index contributed by atoms with van der Waals surface area (Å²) in [6, 6.07) is 8.11. The molecule has 3 heteroatoms. The number of aromatic nitrogens is 1. The van der Waals surface area contributed by atoms with Gasteiger partial charge in [-0.05, 0) is 41.6 Å². The Balaban J connectivity index is 2.27. The summed E-state index contributed by atoms with van der Waals surface area (Å²) in [5, 5.41) is 10.2. The second-order valence-electron chi connectivity index (χ2n) is 3.87. The van der Waals surface area contributed by atoms with Crippen LogP contribution in [0.25, 0.3) is 0 Å². The topological polar surface area (TPSA) is 33.1 Å². The summed E-state index contributed by atoms with van der Waals surface area (Å²) in [6.07, 6.45) is 2.28. The van der Waals surface area contributed by atoms with Crippen molar-refractivity contribution in [1.82, 2.24) is 4.37 Å². The largest absolute Gasteiger partial charge is 0.383 e. The van der Waals surface area contributed by atoms with E-state index < -0.39 is 6.10 Å². The summed E-state index contributed by atoms with van der Waals surface area (Å²) in [4.78, 5) is 0.934. The van der Waals surface area contributed by atoms with Gasteiger partial charge in [0, 0.05) is 6.20 Å². The standard InChI is InChI=1S/C13H15NOS/c1-3-10-4-6-11(7-5-10)12(15)13-9(2)8-14-16-13/h4-8,12,15H,3H2,1-2H3/t12-/m1/s1. The summed E-state index contributed by atoms with van der Waals surface area (Å²) in [6.45, 7) is 4.10. The minimum Gasteiger partial charge on any atom is -0.383 e. The smallest absolute Gasteiger partial charge is 0.115 e. The van der Waals surface area contributed by atoms with E-state index in [1.807, 2.05) is 19.1 Å². The Kier molecular flexibility index (Phi) is 3.36. The molecule has 0 fully saturated rings. The van der Waals surface area contributed by atoms with Crippen molar-refractivity contribution in [3.63, 3.8) is 0 Å². The van der Waals surface area contributed by atoms with Gasteiger partial charge in [-0.1, -0.05) is 31.2 Å². The maximum Gasteiger partial charge on any atom is 0.115 e. The molecular weight excluding hydrogens is 218 g/mol. The quantitative estimate of drug-likeness (QED) is 0.883. The normalized spacial score (nSPS) is 12.7. The average molecular weight is 233 g/mol. The first-order valence-corrected chi connectivity index (χ1v) is 6.17. The molecular formula is C13H15NOS. The highest BCUT2D eigenvalue weighted by Crippen LogP contribution is 2.27. The Morgan fingerprint density at radius 1 is 1.31 bits per heavy atom. The van der Waals surface area contributed by atoms with Crippen LogP contribution in [0.3, 0.4) is 0 Å². The van der Waals surface area contributed by atoms with Gasteiger partial charge in [0.1, 0.15) is 6.10 Å². The SMILES string of the molecule is CCc1ccc([C@@H](O)c2sncc2C)cc1. The number of benzene rings is 1. The van der Waals surface area contributed by atoms with Crippen molar-refractivity contribution in [3.05, 3.63) is 52.0 Å². The van der Waals surface area contributed by atoms with E-state index in [4.69, 9.17) is 0 Å². The van der Waals surface area contributed by atoms with E-state index in [0.29, 0.717) is 0 Å². The molecule has 0 unspecified atom stereocenters. The molecule has 0 aliphatic carbocycles. The van der Waals surface area contributed by atoms with Crippen LogP contribution in [0.4, 0.5) is 0 Å². The molecule has 0 aliphatic rings. The van der Waals surface area contributed by atoms with Crippen molar-refractivity contribution in [1.29, 1.82) is 0 Å². The molecule has 2 rings (SSSR count). The Bertz CT molecular complexity index is 461. The number of hydrogen-bond donors (Lipinski definition) is 1. The molecule has 1 atom stereocenters. The lowest BCUT2D eigenvalue weighted by molar-refractivity contribution is 0.223. The van der Waals surface area contributed by atoms with Gasteiger partial charge < -0.3 is 5.11 Å². The van der Waals surface area contributed by atoms with Gasteiger partial charge in [0.15, 0.2) is 0 Å². The molecule has 1 aromatic carbocycles. The summed E-state index contributed by atoms with van der Waals surface area (Å²) in [7, 11) is 0. The van der Waals surface area contributed by atoms with Crippen molar-refractivity contribution < 1.29 is 5.11 Å². The first-order valence-electron chi connectivity index (χ1n) is 5.40. The molecule has 16 heavy (non-hydrogen) atoms. The van der Waals surface area contributed by atoms with Crippen LogP contribution >= 0.6 is 11.5 Å². The van der Waals surface area contributed by atoms with E-state index >= 15 is 0 Å². The van der Waals surface area contributed by atoms with Crippen LogP contribution in [0.2, 0.25) is 0 Å². The Morgan fingerprint density at radius 2 is 2.00 bits per heavy atom. The van der Waals surface area contributed by atoms with Crippen LogP contribution in [-0.4, -0.2) is 9.48 Å². The third-order valence-electron chi connectivity index (χ3n) is 2.74. The molecule has 0 aliphatic heterocycles. The number of aryl methyl sites for hydroxylation is 2. The molecule has 0 amide bonds. The van der Waals surface area contributed by atoms with Gasteiger partial charge >= 0.3 is 0 Å². The van der Waals surface area contributed by atoms with Gasteiger partial charge in [0.25, 0.3) is 0 Å². The van der Waals surface area contributed by atoms with Gasteiger partial charge in [0.05, 0.1) is 4.88 Å². The first-order chi connectivity index (χ1) is 7.72. The monoisotopic (exact) mass is 233 g/mol. The van der Waals surface area contributed by atoms with Gasteiger partial charge in [-0.15, -0.1) is 0 Å². The molecule has 0 bridgehead atoms. The molecule has 2 nitrogen and oxygen atoms in total. The van der Waals surface area contributed by atoms with Crippen LogP contribution < -0.4 is 0 Å². The average Bonchev–Trinajstić information content (AvgIpc) is 2.75. The maximum absolute atomic E-state index is 10.2. The lowest BCUT2D eigenvalue weighted by Gasteiger charge is -2.10. The number of rotatable bonds is 3. The molecule has 0 radical (unpaired) electrons. The van der Waals surface area contributed by atoms with Gasteiger partial charge in [-0.2, -0.15) is 0 Å². The van der Waals surface area contributed by atoms with E-state index in [1.165, 1.54) is 17.1 Å².